The summed E-state index contributed by atoms with van der Waals surface area (Å²) < 4.78 is 4.67. The predicted octanol–water partition coefficient (Wildman–Crippen LogP) is 2.86. The fourth-order valence-corrected chi connectivity index (χ4v) is 2.27. The maximum Gasteiger partial charge on any atom is 0.348 e. The summed E-state index contributed by atoms with van der Waals surface area (Å²) >= 11 is 4.88. The zero-order chi connectivity index (χ0) is 9.84. The molecule has 0 radical (unpaired) electrons. The Hall–Kier alpha value is -0.350. The summed E-state index contributed by atoms with van der Waals surface area (Å²) in [7, 11) is 1.41. The molecule has 0 saturated carbocycles. The molecule has 1 unspecified atom stereocenters. The molecule has 0 N–H and O–H groups in total. The summed E-state index contributed by atoms with van der Waals surface area (Å²) in [6, 6.07) is 1.97. The van der Waals surface area contributed by atoms with Crippen molar-refractivity contribution in [1.82, 2.24) is 0 Å². The fraction of sp³-hybridized carbons (Fsp3) is 0.444. The van der Waals surface area contributed by atoms with E-state index in [9.17, 15) is 4.79 Å². The first-order valence-corrected chi connectivity index (χ1v) is 5.73. The number of thiophene rings is 1. The minimum absolute atomic E-state index is 0.238. The Bertz CT molecular complexity index is 294. The van der Waals surface area contributed by atoms with Crippen molar-refractivity contribution in [2.45, 2.75) is 18.2 Å². The van der Waals surface area contributed by atoms with Crippen molar-refractivity contribution in [3.05, 3.63) is 21.9 Å². The Balaban J connectivity index is 2.83. The lowest BCUT2D eigenvalue weighted by atomic mass is 10.1. The molecule has 0 aromatic carbocycles. The number of carbonyl (C=O) groups excluding carboxylic acids is 1. The van der Waals surface area contributed by atoms with Crippen molar-refractivity contribution < 1.29 is 9.53 Å². The molecular formula is C9H11BrO2S. The van der Waals surface area contributed by atoms with Crippen LogP contribution < -0.4 is 0 Å². The van der Waals surface area contributed by atoms with E-state index in [-0.39, 0.29) is 5.97 Å². The third-order valence-corrected chi connectivity index (χ3v) is 2.88. The van der Waals surface area contributed by atoms with Crippen molar-refractivity contribution in [2.75, 3.05) is 7.11 Å². The second kappa shape index (κ2) is 4.77. The van der Waals surface area contributed by atoms with Gasteiger partial charge in [-0.25, -0.2) is 4.79 Å². The second-order valence-corrected chi connectivity index (χ2v) is 5.23. The van der Waals surface area contributed by atoms with E-state index < -0.39 is 0 Å². The SMILES string of the molecule is COC(=O)c1sccc1CC(C)Br. The molecule has 13 heavy (non-hydrogen) atoms. The Morgan fingerprint density at radius 2 is 2.46 bits per heavy atom. The van der Waals surface area contributed by atoms with Crippen LogP contribution in [0.4, 0.5) is 0 Å². The van der Waals surface area contributed by atoms with Gasteiger partial charge in [0, 0.05) is 4.83 Å². The average molecular weight is 263 g/mol. The normalized spacial score (nSPS) is 12.5. The van der Waals surface area contributed by atoms with Crippen LogP contribution >= 0.6 is 27.3 Å². The molecule has 0 aliphatic rings. The van der Waals surface area contributed by atoms with Gasteiger partial charge in [-0.2, -0.15) is 0 Å². The fourth-order valence-electron chi connectivity index (χ4n) is 1.07. The van der Waals surface area contributed by atoms with Crippen LogP contribution in [-0.2, 0) is 11.2 Å². The van der Waals surface area contributed by atoms with E-state index in [0.717, 1.165) is 12.0 Å². The van der Waals surface area contributed by atoms with Crippen molar-refractivity contribution in [2.24, 2.45) is 0 Å². The first-order chi connectivity index (χ1) is 6.15. The molecule has 2 nitrogen and oxygen atoms in total. The molecular weight excluding hydrogens is 252 g/mol. The smallest absolute Gasteiger partial charge is 0.348 e. The lowest BCUT2D eigenvalue weighted by molar-refractivity contribution is 0.0605. The summed E-state index contributed by atoms with van der Waals surface area (Å²) in [6.45, 7) is 2.05. The molecule has 0 amide bonds. The van der Waals surface area contributed by atoms with Gasteiger partial charge in [0.2, 0.25) is 0 Å². The van der Waals surface area contributed by atoms with Crippen molar-refractivity contribution in [1.29, 1.82) is 0 Å². The minimum atomic E-state index is -0.238. The maximum atomic E-state index is 11.2. The molecule has 72 valence electrons. The van der Waals surface area contributed by atoms with Gasteiger partial charge >= 0.3 is 5.97 Å². The highest BCUT2D eigenvalue weighted by atomic mass is 79.9. The van der Waals surface area contributed by atoms with E-state index in [1.807, 2.05) is 11.4 Å². The number of ether oxygens (including phenoxy) is 1. The highest BCUT2D eigenvalue weighted by molar-refractivity contribution is 9.09. The van der Waals surface area contributed by atoms with E-state index in [1.54, 1.807) is 0 Å². The number of rotatable bonds is 3. The lowest BCUT2D eigenvalue weighted by Crippen LogP contribution is -2.04. The van der Waals surface area contributed by atoms with Crippen LogP contribution in [0, 0.1) is 0 Å². The number of alkyl halides is 1. The standard InChI is InChI=1S/C9H11BrO2S/c1-6(10)5-7-3-4-13-8(7)9(11)12-2/h3-4,6H,5H2,1-2H3. The molecule has 0 bridgehead atoms. The van der Waals surface area contributed by atoms with Gasteiger partial charge in [-0.3, -0.25) is 0 Å². The first kappa shape index (κ1) is 10.7. The molecule has 4 heteroatoms. The Morgan fingerprint density at radius 3 is 3.00 bits per heavy atom. The van der Waals surface area contributed by atoms with Crippen molar-refractivity contribution >= 4 is 33.2 Å². The van der Waals surface area contributed by atoms with E-state index in [0.29, 0.717) is 9.70 Å². The molecule has 1 atom stereocenters. The number of hydrogen-bond acceptors (Lipinski definition) is 3. The van der Waals surface area contributed by atoms with E-state index >= 15 is 0 Å². The van der Waals surface area contributed by atoms with Crippen LogP contribution in [0.1, 0.15) is 22.2 Å². The summed E-state index contributed by atoms with van der Waals surface area (Å²) in [5.74, 6) is -0.238. The minimum Gasteiger partial charge on any atom is -0.465 e. The van der Waals surface area contributed by atoms with Gasteiger partial charge in [0.25, 0.3) is 0 Å². The number of carbonyl (C=O) groups is 1. The van der Waals surface area contributed by atoms with Gasteiger partial charge in [-0.05, 0) is 23.4 Å². The van der Waals surface area contributed by atoms with Gasteiger partial charge in [0.15, 0.2) is 0 Å². The molecule has 1 aromatic heterocycles. The Labute approximate surface area is 90.0 Å². The monoisotopic (exact) mass is 262 g/mol. The van der Waals surface area contributed by atoms with E-state index in [4.69, 9.17) is 0 Å². The van der Waals surface area contributed by atoms with Gasteiger partial charge in [-0.15, -0.1) is 11.3 Å². The van der Waals surface area contributed by atoms with Crippen LogP contribution in [0.2, 0.25) is 0 Å². The largest absolute Gasteiger partial charge is 0.465 e. The van der Waals surface area contributed by atoms with Gasteiger partial charge < -0.3 is 4.74 Å². The van der Waals surface area contributed by atoms with Crippen molar-refractivity contribution in [3.63, 3.8) is 0 Å². The number of esters is 1. The Morgan fingerprint density at radius 1 is 1.77 bits per heavy atom. The van der Waals surface area contributed by atoms with Crippen LogP contribution in [0.15, 0.2) is 11.4 Å². The molecule has 1 heterocycles. The summed E-state index contributed by atoms with van der Waals surface area (Å²) in [6.07, 6.45) is 0.855. The average Bonchev–Trinajstić information content (AvgIpc) is 2.50. The third kappa shape index (κ3) is 2.81. The van der Waals surface area contributed by atoms with Gasteiger partial charge in [-0.1, -0.05) is 22.9 Å². The molecule has 1 aromatic rings. The first-order valence-electron chi connectivity index (χ1n) is 3.94. The van der Waals surface area contributed by atoms with Crippen LogP contribution in [0.5, 0.6) is 0 Å². The summed E-state index contributed by atoms with van der Waals surface area (Å²) in [5.41, 5.74) is 1.06. The predicted molar refractivity (Wildman–Crippen MR) is 57.8 cm³/mol. The second-order valence-electron chi connectivity index (χ2n) is 2.75. The number of methoxy groups -OCH3 is 1. The lowest BCUT2D eigenvalue weighted by Gasteiger charge is -2.03. The topological polar surface area (TPSA) is 26.3 Å². The third-order valence-electron chi connectivity index (χ3n) is 1.62. The van der Waals surface area contributed by atoms with Crippen molar-refractivity contribution in [3.8, 4) is 0 Å². The molecule has 0 aliphatic carbocycles. The summed E-state index contributed by atoms with van der Waals surface area (Å²) in [4.78, 5) is 12.3. The van der Waals surface area contributed by atoms with Gasteiger partial charge in [0.1, 0.15) is 4.88 Å². The number of halogens is 1. The molecule has 1 rings (SSSR count). The van der Waals surface area contributed by atoms with Crippen LogP contribution in [-0.4, -0.2) is 17.9 Å². The zero-order valence-corrected chi connectivity index (χ0v) is 9.94. The Kier molecular flexibility index (Phi) is 3.93. The molecule has 0 saturated heterocycles. The molecule has 0 spiro atoms. The van der Waals surface area contributed by atoms with E-state index in [2.05, 4.69) is 27.6 Å². The highest BCUT2D eigenvalue weighted by Crippen LogP contribution is 2.21. The number of hydrogen-bond donors (Lipinski definition) is 0. The van der Waals surface area contributed by atoms with E-state index in [1.165, 1.54) is 18.4 Å². The highest BCUT2D eigenvalue weighted by Gasteiger charge is 2.14. The van der Waals surface area contributed by atoms with Crippen LogP contribution in [0.3, 0.4) is 0 Å². The quantitative estimate of drug-likeness (QED) is 0.619. The summed E-state index contributed by atoms with van der Waals surface area (Å²) in [5, 5.41) is 1.91. The zero-order valence-electron chi connectivity index (χ0n) is 7.54. The molecule has 0 fully saturated rings. The maximum absolute atomic E-state index is 11.2. The van der Waals surface area contributed by atoms with Crippen LogP contribution in [0.25, 0.3) is 0 Å². The molecule has 0 aliphatic heterocycles. The van der Waals surface area contributed by atoms with Gasteiger partial charge in [0.05, 0.1) is 7.11 Å².